The Labute approximate surface area is 91.9 Å². The van der Waals surface area contributed by atoms with Gasteiger partial charge < -0.3 is 14.4 Å². The third kappa shape index (κ3) is 3.17. The Hall–Kier alpha value is -0.110. The van der Waals surface area contributed by atoms with Crippen LogP contribution in [0.15, 0.2) is 12.2 Å². The van der Waals surface area contributed by atoms with E-state index >= 15 is 0 Å². The van der Waals surface area contributed by atoms with E-state index in [2.05, 4.69) is 6.58 Å². The highest BCUT2D eigenvalue weighted by Crippen LogP contribution is 2.41. The average Bonchev–Trinajstić information content (AvgIpc) is 2.30. The SMILES string of the molecule is C=C(CP(C)(C)=O)[C@H]1O[C@@H](C)[C@H](O)[C@@H]1C. The Morgan fingerprint density at radius 2 is 2.00 bits per heavy atom. The van der Waals surface area contributed by atoms with E-state index in [1.54, 1.807) is 13.3 Å². The van der Waals surface area contributed by atoms with E-state index in [-0.39, 0.29) is 18.1 Å². The summed E-state index contributed by atoms with van der Waals surface area (Å²) in [6, 6.07) is 0. The fourth-order valence-electron chi connectivity index (χ4n) is 2.09. The number of ether oxygens (including phenoxy) is 1. The molecule has 1 aliphatic heterocycles. The Morgan fingerprint density at radius 1 is 1.47 bits per heavy atom. The van der Waals surface area contributed by atoms with Crippen molar-refractivity contribution in [2.45, 2.75) is 32.2 Å². The smallest absolute Gasteiger partial charge is 0.0858 e. The van der Waals surface area contributed by atoms with Crippen LogP contribution in [-0.4, -0.2) is 42.9 Å². The van der Waals surface area contributed by atoms with Crippen LogP contribution >= 0.6 is 7.14 Å². The molecular formula is C11H21O3P. The average molecular weight is 232 g/mol. The molecule has 4 heteroatoms. The number of hydrogen-bond donors (Lipinski definition) is 1. The van der Waals surface area contributed by atoms with Crippen molar-refractivity contribution in [2.75, 3.05) is 19.5 Å². The summed E-state index contributed by atoms with van der Waals surface area (Å²) >= 11 is 0. The summed E-state index contributed by atoms with van der Waals surface area (Å²) in [6.45, 7) is 11.2. The van der Waals surface area contributed by atoms with Gasteiger partial charge in [0.2, 0.25) is 0 Å². The van der Waals surface area contributed by atoms with E-state index in [0.29, 0.717) is 6.16 Å². The molecule has 0 bridgehead atoms. The number of rotatable bonds is 3. The topological polar surface area (TPSA) is 46.5 Å². The summed E-state index contributed by atoms with van der Waals surface area (Å²) in [5.74, 6) is 0.0408. The molecule has 88 valence electrons. The Balaban J connectivity index is 2.66. The fourth-order valence-corrected chi connectivity index (χ4v) is 3.25. The zero-order chi connectivity index (χ0) is 11.8. The van der Waals surface area contributed by atoms with Gasteiger partial charge in [0.25, 0.3) is 0 Å². The first-order valence-corrected chi connectivity index (χ1v) is 8.06. The third-order valence-electron chi connectivity index (χ3n) is 2.84. The lowest BCUT2D eigenvalue weighted by molar-refractivity contribution is 0.0341. The van der Waals surface area contributed by atoms with E-state index in [1.165, 1.54) is 0 Å². The maximum atomic E-state index is 11.7. The van der Waals surface area contributed by atoms with Gasteiger partial charge in [-0.2, -0.15) is 0 Å². The van der Waals surface area contributed by atoms with Gasteiger partial charge >= 0.3 is 0 Å². The maximum Gasteiger partial charge on any atom is 0.0858 e. The number of aliphatic hydroxyl groups is 1. The highest BCUT2D eigenvalue weighted by molar-refractivity contribution is 7.62. The van der Waals surface area contributed by atoms with E-state index < -0.39 is 13.2 Å². The van der Waals surface area contributed by atoms with Crippen LogP contribution in [0.5, 0.6) is 0 Å². The van der Waals surface area contributed by atoms with Crippen LogP contribution in [0.4, 0.5) is 0 Å². The lowest BCUT2D eigenvalue weighted by atomic mass is 9.95. The molecule has 0 aliphatic carbocycles. The summed E-state index contributed by atoms with van der Waals surface area (Å²) in [7, 11) is -2.10. The second-order valence-corrected chi connectivity index (χ2v) is 8.47. The van der Waals surface area contributed by atoms with Gasteiger partial charge in [-0.1, -0.05) is 13.5 Å². The molecule has 0 aromatic rings. The molecule has 0 saturated carbocycles. The second kappa shape index (κ2) is 4.40. The number of aliphatic hydroxyl groups excluding tert-OH is 1. The van der Waals surface area contributed by atoms with E-state index in [4.69, 9.17) is 4.74 Å². The van der Waals surface area contributed by atoms with Gasteiger partial charge in [0, 0.05) is 12.1 Å². The molecule has 0 unspecified atom stereocenters. The van der Waals surface area contributed by atoms with Crippen LogP contribution < -0.4 is 0 Å². The van der Waals surface area contributed by atoms with Crippen molar-refractivity contribution in [1.29, 1.82) is 0 Å². The van der Waals surface area contributed by atoms with Crippen molar-refractivity contribution < 1.29 is 14.4 Å². The predicted octanol–water partition coefficient (Wildman–Crippen LogP) is 1.95. The van der Waals surface area contributed by atoms with Gasteiger partial charge in [-0.15, -0.1) is 0 Å². The minimum atomic E-state index is -2.10. The monoisotopic (exact) mass is 232 g/mol. The van der Waals surface area contributed by atoms with Crippen molar-refractivity contribution in [2.24, 2.45) is 5.92 Å². The Morgan fingerprint density at radius 3 is 2.33 bits per heavy atom. The van der Waals surface area contributed by atoms with Crippen LogP contribution in [-0.2, 0) is 9.30 Å². The molecular weight excluding hydrogens is 211 g/mol. The van der Waals surface area contributed by atoms with Crippen LogP contribution in [0, 0.1) is 5.92 Å². The predicted molar refractivity (Wildman–Crippen MR) is 63.0 cm³/mol. The lowest BCUT2D eigenvalue weighted by Gasteiger charge is -2.19. The molecule has 0 aromatic carbocycles. The van der Waals surface area contributed by atoms with Crippen molar-refractivity contribution in [3.63, 3.8) is 0 Å². The van der Waals surface area contributed by atoms with Crippen LogP contribution in [0.25, 0.3) is 0 Å². The molecule has 1 saturated heterocycles. The van der Waals surface area contributed by atoms with Crippen molar-refractivity contribution in [1.82, 2.24) is 0 Å². The van der Waals surface area contributed by atoms with E-state index in [1.807, 2.05) is 13.8 Å². The largest absolute Gasteiger partial charge is 0.390 e. The van der Waals surface area contributed by atoms with Crippen LogP contribution in [0.3, 0.4) is 0 Å². The molecule has 0 spiro atoms. The third-order valence-corrected chi connectivity index (χ3v) is 4.01. The van der Waals surface area contributed by atoms with Crippen molar-refractivity contribution in [3.8, 4) is 0 Å². The van der Waals surface area contributed by atoms with Gasteiger partial charge in [0.15, 0.2) is 0 Å². The zero-order valence-electron chi connectivity index (χ0n) is 9.93. The summed E-state index contributed by atoms with van der Waals surface area (Å²) in [5, 5.41) is 9.75. The minimum absolute atomic E-state index is 0.0408. The molecule has 3 nitrogen and oxygen atoms in total. The first kappa shape index (κ1) is 13.0. The molecule has 0 amide bonds. The van der Waals surface area contributed by atoms with E-state index in [9.17, 15) is 9.67 Å². The van der Waals surface area contributed by atoms with Gasteiger partial charge in [-0.25, -0.2) is 0 Å². The van der Waals surface area contributed by atoms with Gasteiger partial charge in [-0.3, -0.25) is 0 Å². The summed E-state index contributed by atoms with van der Waals surface area (Å²) in [4.78, 5) is 0. The highest BCUT2D eigenvalue weighted by atomic mass is 31.2. The molecule has 0 aromatic heterocycles. The molecule has 1 aliphatic rings. The fraction of sp³-hybridized carbons (Fsp3) is 0.818. The molecule has 1 rings (SSSR count). The molecule has 1 N–H and O–H groups in total. The number of hydrogen-bond acceptors (Lipinski definition) is 3. The van der Waals surface area contributed by atoms with Gasteiger partial charge in [0.05, 0.1) is 25.5 Å². The first-order valence-electron chi connectivity index (χ1n) is 5.27. The highest BCUT2D eigenvalue weighted by Gasteiger charge is 2.39. The quantitative estimate of drug-likeness (QED) is 0.597. The van der Waals surface area contributed by atoms with Crippen LogP contribution in [0.2, 0.25) is 0 Å². The van der Waals surface area contributed by atoms with Crippen molar-refractivity contribution >= 4 is 7.14 Å². The maximum absolute atomic E-state index is 11.7. The van der Waals surface area contributed by atoms with Crippen molar-refractivity contribution in [3.05, 3.63) is 12.2 Å². The standard InChI is InChI=1S/C11H21O3P/c1-7(6-15(4,5)13)11-8(2)10(12)9(3)14-11/h8-12H,1,6H2,2-5H3/t8-,9-,10+,11+/m0/s1. The summed E-state index contributed by atoms with van der Waals surface area (Å²) in [6.07, 6.45) is -0.250. The Kier molecular flexibility index (Phi) is 3.80. The van der Waals surface area contributed by atoms with Crippen LogP contribution in [0.1, 0.15) is 13.8 Å². The molecule has 15 heavy (non-hydrogen) atoms. The second-order valence-electron chi connectivity index (χ2n) is 5.00. The lowest BCUT2D eigenvalue weighted by Crippen LogP contribution is -2.24. The van der Waals surface area contributed by atoms with Gasteiger partial charge in [0.1, 0.15) is 0 Å². The summed E-state index contributed by atoms with van der Waals surface area (Å²) in [5.41, 5.74) is 0.847. The Bertz CT molecular complexity index is 294. The van der Waals surface area contributed by atoms with Gasteiger partial charge in [-0.05, 0) is 25.8 Å². The zero-order valence-corrected chi connectivity index (χ0v) is 10.8. The van der Waals surface area contributed by atoms with E-state index in [0.717, 1.165) is 5.57 Å². The minimum Gasteiger partial charge on any atom is -0.390 e. The summed E-state index contributed by atoms with van der Waals surface area (Å²) < 4.78 is 17.3. The molecule has 1 heterocycles. The molecule has 0 radical (unpaired) electrons. The molecule has 4 atom stereocenters. The first-order chi connectivity index (χ1) is 6.72. The normalized spacial score (nSPS) is 36.9. The molecule has 1 fully saturated rings.